The second-order valence-corrected chi connectivity index (χ2v) is 10.5. The van der Waals surface area contributed by atoms with Crippen molar-refractivity contribution in [3.63, 3.8) is 0 Å². The molecule has 0 fully saturated rings. The molecule has 0 N–H and O–H groups in total. The molecule has 0 saturated heterocycles. The van der Waals surface area contributed by atoms with Crippen molar-refractivity contribution >= 4 is 43.6 Å². The van der Waals surface area contributed by atoms with Gasteiger partial charge in [-0.05, 0) is 72.3 Å². The van der Waals surface area contributed by atoms with E-state index in [1.54, 1.807) is 0 Å². The first kappa shape index (κ1) is 23.8. The van der Waals surface area contributed by atoms with Crippen LogP contribution >= 0.6 is 0 Å². The van der Waals surface area contributed by atoms with E-state index in [9.17, 15) is 10.5 Å². The zero-order valence-corrected chi connectivity index (χ0v) is 22.5. The SMILES string of the molecule is N#Cc1ccc2c(c1)c1cc(C#N)ccc1n2-c1ccccc1-c1cccc(-n2c3ccccc3c3ccccc32)c1. The average molecular weight is 535 g/mol. The first-order valence-electron chi connectivity index (χ1n) is 13.8. The lowest BCUT2D eigenvalue weighted by molar-refractivity contribution is 1.17. The van der Waals surface area contributed by atoms with E-state index in [2.05, 4.69) is 118 Å². The van der Waals surface area contributed by atoms with E-state index >= 15 is 0 Å². The van der Waals surface area contributed by atoms with Crippen molar-refractivity contribution < 1.29 is 0 Å². The normalized spacial score (nSPS) is 11.3. The minimum absolute atomic E-state index is 0.594. The van der Waals surface area contributed by atoms with E-state index in [-0.39, 0.29) is 0 Å². The Labute approximate surface area is 242 Å². The first-order valence-corrected chi connectivity index (χ1v) is 13.8. The van der Waals surface area contributed by atoms with Crippen LogP contribution in [0.15, 0.2) is 133 Å². The molecular formula is C38H22N4. The highest BCUT2D eigenvalue weighted by molar-refractivity contribution is 6.11. The Morgan fingerprint density at radius 3 is 1.60 bits per heavy atom. The third kappa shape index (κ3) is 3.47. The summed E-state index contributed by atoms with van der Waals surface area (Å²) in [6.45, 7) is 0. The van der Waals surface area contributed by atoms with Crippen molar-refractivity contribution in [1.29, 1.82) is 10.5 Å². The Hall–Kier alpha value is -6.10. The van der Waals surface area contributed by atoms with Crippen LogP contribution < -0.4 is 0 Å². The van der Waals surface area contributed by atoms with Crippen LogP contribution in [0.2, 0.25) is 0 Å². The average Bonchev–Trinajstić information content (AvgIpc) is 3.57. The van der Waals surface area contributed by atoms with Crippen LogP contribution in [0.1, 0.15) is 11.1 Å². The molecule has 0 bridgehead atoms. The summed E-state index contributed by atoms with van der Waals surface area (Å²) in [5, 5.41) is 23.6. The summed E-state index contributed by atoms with van der Waals surface area (Å²) in [5.41, 5.74) is 9.84. The van der Waals surface area contributed by atoms with Crippen molar-refractivity contribution in [2.75, 3.05) is 0 Å². The Kier molecular flexibility index (Phi) is 5.22. The lowest BCUT2D eigenvalue weighted by atomic mass is 10.0. The Bertz CT molecular complexity index is 2320. The summed E-state index contributed by atoms with van der Waals surface area (Å²) in [5.74, 6) is 0. The second kappa shape index (κ2) is 9.24. The summed E-state index contributed by atoms with van der Waals surface area (Å²) in [6.07, 6.45) is 0. The van der Waals surface area contributed by atoms with Crippen LogP contribution in [0.5, 0.6) is 0 Å². The van der Waals surface area contributed by atoms with Gasteiger partial charge < -0.3 is 9.13 Å². The van der Waals surface area contributed by atoms with Gasteiger partial charge in [0, 0.05) is 32.8 Å². The summed E-state index contributed by atoms with van der Waals surface area (Å²) in [4.78, 5) is 0. The third-order valence-electron chi connectivity index (χ3n) is 8.16. The molecule has 6 aromatic carbocycles. The molecule has 0 atom stereocenters. The molecule has 194 valence electrons. The molecule has 2 aromatic heterocycles. The maximum atomic E-state index is 9.61. The number of hydrogen-bond donors (Lipinski definition) is 0. The fraction of sp³-hybridized carbons (Fsp3) is 0. The number of nitriles is 2. The van der Waals surface area contributed by atoms with Crippen LogP contribution in [0.25, 0.3) is 66.1 Å². The van der Waals surface area contributed by atoms with Crippen LogP contribution in [-0.2, 0) is 0 Å². The van der Waals surface area contributed by atoms with Gasteiger partial charge in [0.1, 0.15) is 0 Å². The molecule has 2 heterocycles. The number of hydrogen-bond acceptors (Lipinski definition) is 2. The Balaban J connectivity index is 1.39. The van der Waals surface area contributed by atoms with Crippen molar-refractivity contribution in [3.05, 3.63) is 145 Å². The van der Waals surface area contributed by atoms with Crippen LogP contribution in [0, 0.1) is 22.7 Å². The molecular weight excluding hydrogens is 512 g/mol. The largest absolute Gasteiger partial charge is 0.309 e. The highest BCUT2D eigenvalue weighted by Crippen LogP contribution is 2.38. The molecule has 8 aromatic rings. The number of benzene rings is 6. The molecule has 4 nitrogen and oxygen atoms in total. The molecule has 0 spiro atoms. The van der Waals surface area contributed by atoms with E-state index in [1.165, 1.54) is 21.8 Å². The number of rotatable bonds is 3. The molecule has 4 heteroatoms. The third-order valence-corrected chi connectivity index (χ3v) is 8.16. The van der Waals surface area contributed by atoms with Gasteiger partial charge in [-0.2, -0.15) is 10.5 Å². The molecule has 0 unspecified atom stereocenters. The second-order valence-electron chi connectivity index (χ2n) is 10.5. The lowest BCUT2D eigenvalue weighted by Crippen LogP contribution is -1.98. The zero-order chi connectivity index (χ0) is 28.2. The molecule has 0 aliphatic rings. The smallest absolute Gasteiger partial charge is 0.0991 e. The Morgan fingerprint density at radius 2 is 0.976 bits per heavy atom. The van der Waals surface area contributed by atoms with Crippen LogP contribution in [-0.4, -0.2) is 9.13 Å². The van der Waals surface area contributed by atoms with Gasteiger partial charge in [-0.1, -0.05) is 66.7 Å². The first-order chi connectivity index (χ1) is 20.7. The highest BCUT2D eigenvalue weighted by Gasteiger charge is 2.18. The van der Waals surface area contributed by atoms with Gasteiger partial charge >= 0.3 is 0 Å². The molecule has 0 radical (unpaired) electrons. The van der Waals surface area contributed by atoms with E-state index in [1.807, 2.05) is 36.4 Å². The summed E-state index contributed by atoms with van der Waals surface area (Å²) >= 11 is 0. The number of fused-ring (bicyclic) bond motifs is 6. The van der Waals surface area contributed by atoms with Crippen molar-refractivity contribution in [3.8, 4) is 34.6 Å². The van der Waals surface area contributed by atoms with Gasteiger partial charge in [0.15, 0.2) is 0 Å². The van der Waals surface area contributed by atoms with Gasteiger partial charge in [0.25, 0.3) is 0 Å². The molecule has 8 rings (SSSR count). The minimum atomic E-state index is 0.594. The van der Waals surface area contributed by atoms with Gasteiger partial charge in [-0.3, -0.25) is 0 Å². The predicted octanol–water partition coefficient (Wildman–Crippen LogP) is 9.29. The summed E-state index contributed by atoms with van der Waals surface area (Å²) in [6, 6.07) is 50.3. The van der Waals surface area contributed by atoms with Gasteiger partial charge in [0.2, 0.25) is 0 Å². The number of para-hydroxylation sites is 3. The zero-order valence-electron chi connectivity index (χ0n) is 22.5. The fourth-order valence-corrected chi connectivity index (χ4v) is 6.35. The quantitative estimate of drug-likeness (QED) is 0.227. The monoisotopic (exact) mass is 534 g/mol. The van der Waals surface area contributed by atoms with Crippen molar-refractivity contribution in [2.45, 2.75) is 0 Å². The molecule has 42 heavy (non-hydrogen) atoms. The van der Waals surface area contributed by atoms with E-state index in [0.29, 0.717) is 11.1 Å². The van der Waals surface area contributed by atoms with Crippen molar-refractivity contribution in [2.24, 2.45) is 0 Å². The molecule has 0 aliphatic carbocycles. The molecule has 0 amide bonds. The standard InChI is InChI=1S/C38H22N4/c39-23-25-16-18-37-32(20-25)33-21-26(24-40)17-19-38(33)42(37)34-13-4-1-10-29(34)27-8-7-9-28(22-27)41-35-14-5-2-11-30(35)31-12-3-6-15-36(31)41/h1-22H. The number of nitrogens with zero attached hydrogens (tertiary/aromatic N) is 4. The number of aromatic nitrogens is 2. The molecule has 0 saturated carbocycles. The van der Waals surface area contributed by atoms with Gasteiger partial charge in [-0.15, -0.1) is 0 Å². The van der Waals surface area contributed by atoms with Gasteiger partial charge in [0.05, 0.1) is 51.0 Å². The summed E-state index contributed by atoms with van der Waals surface area (Å²) in [7, 11) is 0. The Morgan fingerprint density at radius 1 is 0.429 bits per heavy atom. The maximum absolute atomic E-state index is 9.61. The molecule has 0 aliphatic heterocycles. The highest BCUT2D eigenvalue weighted by atomic mass is 15.0. The summed E-state index contributed by atoms with van der Waals surface area (Å²) < 4.78 is 4.58. The minimum Gasteiger partial charge on any atom is -0.309 e. The topological polar surface area (TPSA) is 57.4 Å². The van der Waals surface area contributed by atoms with E-state index in [4.69, 9.17) is 0 Å². The van der Waals surface area contributed by atoms with Gasteiger partial charge in [-0.25, -0.2) is 0 Å². The van der Waals surface area contributed by atoms with E-state index < -0.39 is 0 Å². The lowest BCUT2D eigenvalue weighted by Gasteiger charge is -2.15. The predicted molar refractivity (Wildman–Crippen MR) is 170 cm³/mol. The maximum Gasteiger partial charge on any atom is 0.0991 e. The van der Waals surface area contributed by atoms with Crippen LogP contribution in [0.4, 0.5) is 0 Å². The fourth-order valence-electron chi connectivity index (χ4n) is 6.35. The van der Waals surface area contributed by atoms with Crippen LogP contribution in [0.3, 0.4) is 0 Å². The van der Waals surface area contributed by atoms with Crippen molar-refractivity contribution in [1.82, 2.24) is 9.13 Å². The van der Waals surface area contributed by atoms with E-state index in [0.717, 1.165) is 44.3 Å².